The highest BCUT2D eigenvalue weighted by Crippen LogP contribution is 2.25. The Labute approximate surface area is 179 Å². The molecule has 1 aliphatic rings. The van der Waals surface area contributed by atoms with Crippen molar-refractivity contribution in [3.05, 3.63) is 71.8 Å². The third-order valence-corrected chi connectivity index (χ3v) is 5.56. The van der Waals surface area contributed by atoms with E-state index in [9.17, 15) is 9.59 Å². The average Bonchev–Trinajstić information content (AvgIpc) is 2.77. The summed E-state index contributed by atoms with van der Waals surface area (Å²) in [6.07, 6.45) is 2.95. The second-order valence-electron chi connectivity index (χ2n) is 7.48. The van der Waals surface area contributed by atoms with Crippen LogP contribution in [0.3, 0.4) is 0 Å². The molecule has 0 spiro atoms. The van der Waals surface area contributed by atoms with Crippen molar-refractivity contribution in [1.29, 1.82) is 0 Å². The fraction of sp³-hybridized carbons (Fsp3) is 0.391. The molecular weight excluding hydrogens is 386 g/mol. The van der Waals surface area contributed by atoms with Gasteiger partial charge in [0.1, 0.15) is 0 Å². The van der Waals surface area contributed by atoms with Crippen molar-refractivity contribution >= 4 is 24.2 Å². The van der Waals surface area contributed by atoms with Crippen LogP contribution in [0.4, 0.5) is 0 Å². The number of carbonyl (C=O) groups excluding carboxylic acids is 2. The quantitative estimate of drug-likeness (QED) is 0.757. The summed E-state index contributed by atoms with van der Waals surface area (Å²) in [7, 11) is 0. The molecular formula is C23H30ClN3O2. The predicted octanol–water partition coefficient (Wildman–Crippen LogP) is 3.56. The first-order chi connectivity index (χ1) is 13.6. The summed E-state index contributed by atoms with van der Waals surface area (Å²) in [5, 5.41) is 2.99. The molecule has 2 aromatic carbocycles. The van der Waals surface area contributed by atoms with Gasteiger partial charge in [0.05, 0.1) is 5.92 Å². The molecule has 29 heavy (non-hydrogen) atoms. The smallest absolute Gasteiger partial charge is 0.251 e. The fourth-order valence-electron chi connectivity index (χ4n) is 3.78. The van der Waals surface area contributed by atoms with Crippen LogP contribution in [-0.4, -0.2) is 35.8 Å². The van der Waals surface area contributed by atoms with Crippen LogP contribution in [0.25, 0.3) is 0 Å². The van der Waals surface area contributed by atoms with Crippen molar-refractivity contribution < 1.29 is 9.59 Å². The Hall–Kier alpha value is -2.37. The Bertz CT molecular complexity index is 785. The summed E-state index contributed by atoms with van der Waals surface area (Å²) in [6, 6.07) is 18.6. The van der Waals surface area contributed by atoms with Crippen LogP contribution in [0.5, 0.6) is 0 Å². The van der Waals surface area contributed by atoms with Crippen LogP contribution in [0.2, 0.25) is 0 Å². The van der Waals surface area contributed by atoms with Crippen LogP contribution >= 0.6 is 12.4 Å². The van der Waals surface area contributed by atoms with Crippen LogP contribution in [0, 0.1) is 5.92 Å². The lowest BCUT2D eigenvalue weighted by atomic mass is 9.92. The number of nitrogens with two attached hydrogens (primary N) is 1. The van der Waals surface area contributed by atoms with Gasteiger partial charge in [-0.05, 0) is 37.0 Å². The minimum Gasteiger partial charge on any atom is -0.350 e. The third-order valence-electron chi connectivity index (χ3n) is 5.56. The number of benzene rings is 2. The zero-order chi connectivity index (χ0) is 19.9. The molecule has 3 atom stereocenters. The topological polar surface area (TPSA) is 75.4 Å². The highest BCUT2D eigenvalue weighted by atomic mass is 35.5. The number of rotatable bonds is 6. The summed E-state index contributed by atoms with van der Waals surface area (Å²) >= 11 is 0. The lowest BCUT2D eigenvalue weighted by molar-refractivity contribution is -0.139. The van der Waals surface area contributed by atoms with E-state index in [0.29, 0.717) is 12.1 Å². The van der Waals surface area contributed by atoms with Gasteiger partial charge in [-0.2, -0.15) is 0 Å². The number of carbonyl (C=O) groups is 2. The van der Waals surface area contributed by atoms with E-state index in [0.717, 1.165) is 31.4 Å². The number of halogens is 1. The van der Waals surface area contributed by atoms with Gasteiger partial charge in [0.25, 0.3) is 5.91 Å². The van der Waals surface area contributed by atoms with Crippen LogP contribution < -0.4 is 11.1 Å². The number of piperidine rings is 1. The summed E-state index contributed by atoms with van der Waals surface area (Å²) in [4.78, 5) is 27.4. The molecule has 5 nitrogen and oxygen atoms in total. The molecule has 2 aromatic rings. The summed E-state index contributed by atoms with van der Waals surface area (Å²) in [5.74, 6) is -0.351. The van der Waals surface area contributed by atoms with E-state index in [1.165, 1.54) is 0 Å². The minimum atomic E-state index is -0.338. The number of nitrogens with zero attached hydrogens (tertiary/aromatic N) is 1. The zero-order valence-electron chi connectivity index (χ0n) is 16.8. The molecule has 1 fully saturated rings. The second kappa shape index (κ2) is 11.0. The Kier molecular flexibility index (Phi) is 8.68. The molecule has 3 N–H and O–H groups in total. The first-order valence-corrected chi connectivity index (χ1v) is 10.0. The fourth-order valence-corrected chi connectivity index (χ4v) is 3.78. The molecule has 0 aliphatic carbocycles. The van der Waals surface area contributed by atoms with E-state index in [-0.39, 0.29) is 42.2 Å². The molecule has 2 amide bonds. The summed E-state index contributed by atoms with van der Waals surface area (Å²) in [6.45, 7) is 3.08. The van der Waals surface area contributed by atoms with E-state index in [4.69, 9.17) is 5.73 Å². The molecule has 0 saturated carbocycles. The Morgan fingerprint density at radius 1 is 1.07 bits per heavy atom. The number of amides is 2. The van der Waals surface area contributed by atoms with Crippen molar-refractivity contribution in [2.24, 2.45) is 11.7 Å². The summed E-state index contributed by atoms with van der Waals surface area (Å²) in [5.41, 5.74) is 7.97. The molecule has 6 heteroatoms. The van der Waals surface area contributed by atoms with Crippen molar-refractivity contribution in [1.82, 2.24) is 10.2 Å². The molecule has 1 saturated heterocycles. The molecule has 156 valence electrons. The van der Waals surface area contributed by atoms with E-state index >= 15 is 0 Å². The van der Waals surface area contributed by atoms with E-state index in [1.54, 1.807) is 12.1 Å². The van der Waals surface area contributed by atoms with Gasteiger partial charge in [0, 0.05) is 30.7 Å². The number of nitrogens with one attached hydrogen (secondary N) is 1. The van der Waals surface area contributed by atoms with Crippen molar-refractivity contribution in [3.63, 3.8) is 0 Å². The van der Waals surface area contributed by atoms with Crippen molar-refractivity contribution in [3.8, 4) is 0 Å². The zero-order valence-corrected chi connectivity index (χ0v) is 17.6. The molecule has 3 rings (SSSR count). The van der Waals surface area contributed by atoms with Crippen LogP contribution in [-0.2, 0) is 4.79 Å². The standard InChI is InChI=1S/C23H29N3O2.ClH/c1-17(21(24)18-10-4-2-5-11-18)23(28)26-15-9-8-14-20(26)16-25-22(27)19-12-6-3-7-13-19;/h2-7,10-13,17,20-21H,8-9,14-16,24H2,1H3,(H,25,27);1H. The van der Waals surface area contributed by atoms with Crippen LogP contribution in [0.15, 0.2) is 60.7 Å². The van der Waals surface area contributed by atoms with Crippen molar-refractivity contribution in [2.75, 3.05) is 13.1 Å². The Morgan fingerprint density at radius 2 is 1.69 bits per heavy atom. The first-order valence-electron chi connectivity index (χ1n) is 10.0. The van der Waals surface area contributed by atoms with Gasteiger partial charge in [-0.25, -0.2) is 0 Å². The monoisotopic (exact) mass is 415 g/mol. The van der Waals surface area contributed by atoms with Crippen LogP contribution in [0.1, 0.15) is 48.1 Å². The molecule has 0 radical (unpaired) electrons. The van der Waals surface area contributed by atoms with Gasteiger partial charge < -0.3 is 16.0 Å². The highest BCUT2D eigenvalue weighted by Gasteiger charge is 2.32. The van der Waals surface area contributed by atoms with Gasteiger partial charge in [-0.1, -0.05) is 55.5 Å². The van der Waals surface area contributed by atoms with Gasteiger partial charge in [-0.3, -0.25) is 9.59 Å². The maximum Gasteiger partial charge on any atom is 0.251 e. The van der Waals surface area contributed by atoms with Gasteiger partial charge in [0.15, 0.2) is 0 Å². The van der Waals surface area contributed by atoms with Gasteiger partial charge in [0.2, 0.25) is 5.91 Å². The maximum atomic E-state index is 13.2. The summed E-state index contributed by atoms with van der Waals surface area (Å²) < 4.78 is 0. The normalized spacial score (nSPS) is 18.3. The number of likely N-dealkylation sites (tertiary alicyclic amines) is 1. The lowest BCUT2D eigenvalue weighted by Crippen LogP contribution is -2.52. The van der Waals surface area contributed by atoms with Crippen molar-refractivity contribution in [2.45, 2.75) is 38.3 Å². The SMILES string of the molecule is CC(C(=O)N1CCCCC1CNC(=O)c1ccccc1)C(N)c1ccccc1.Cl. The Balaban J connectivity index is 0.00000300. The predicted molar refractivity (Wildman–Crippen MR) is 118 cm³/mol. The number of hydrogen-bond donors (Lipinski definition) is 2. The number of hydrogen-bond acceptors (Lipinski definition) is 3. The average molecular weight is 416 g/mol. The molecule has 1 aliphatic heterocycles. The Morgan fingerprint density at radius 3 is 2.34 bits per heavy atom. The largest absolute Gasteiger partial charge is 0.350 e. The highest BCUT2D eigenvalue weighted by molar-refractivity contribution is 5.94. The molecule has 1 heterocycles. The minimum absolute atomic E-state index is 0. The third kappa shape index (κ3) is 5.81. The lowest BCUT2D eigenvalue weighted by Gasteiger charge is -2.38. The van der Waals surface area contributed by atoms with E-state index < -0.39 is 0 Å². The maximum absolute atomic E-state index is 13.2. The van der Waals surface area contributed by atoms with Gasteiger partial charge >= 0.3 is 0 Å². The van der Waals surface area contributed by atoms with E-state index in [2.05, 4.69) is 5.32 Å². The van der Waals surface area contributed by atoms with Gasteiger partial charge in [-0.15, -0.1) is 12.4 Å². The molecule has 0 bridgehead atoms. The van der Waals surface area contributed by atoms with E-state index in [1.807, 2.05) is 60.4 Å². The molecule has 0 aromatic heterocycles. The second-order valence-corrected chi connectivity index (χ2v) is 7.48. The molecule has 3 unspecified atom stereocenters. The first kappa shape index (κ1) is 22.9.